The first-order chi connectivity index (χ1) is 15.4. The number of hydrogen-bond acceptors (Lipinski definition) is 5. The molecule has 1 aromatic carbocycles. The van der Waals surface area contributed by atoms with Crippen LogP contribution in [0.25, 0.3) is 11.4 Å². The van der Waals surface area contributed by atoms with Crippen molar-refractivity contribution in [2.45, 2.75) is 91.9 Å². The van der Waals surface area contributed by atoms with Crippen LogP contribution in [-0.4, -0.2) is 22.5 Å². The molecule has 1 heterocycles. The predicted octanol–water partition coefficient (Wildman–Crippen LogP) is 7.39. The van der Waals surface area contributed by atoms with Gasteiger partial charge in [0.2, 0.25) is 0 Å². The van der Waals surface area contributed by atoms with E-state index in [9.17, 15) is 4.79 Å². The van der Waals surface area contributed by atoms with Gasteiger partial charge in [0.15, 0.2) is 11.6 Å². The van der Waals surface area contributed by atoms with Gasteiger partial charge < -0.3 is 9.47 Å². The summed E-state index contributed by atoms with van der Waals surface area (Å²) in [6, 6.07) is 7.80. The summed E-state index contributed by atoms with van der Waals surface area (Å²) < 4.78 is 11.3. The highest BCUT2D eigenvalue weighted by Crippen LogP contribution is 2.28. The second kappa shape index (κ2) is 13.9. The van der Waals surface area contributed by atoms with Crippen molar-refractivity contribution in [1.82, 2.24) is 9.97 Å². The van der Waals surface area contributed by atoms with Crippen molar-refractivity contribution in [3.63, 3.8) is 0 Å². The SMILES string of the molecule is CCCCCCCCOc1ccc(-c2ncc(OC(=O)CC(C)(C)CCCC)cn2)cc1. The normalized spacial score (nSPS) is 11.4. The molecule has 5 nitrogen and oxygen atoms in total. The molecule has 32 heavy (non-hydrogen) atoms. The summed E-state index contributed by atoms with van der Waals surface area (Å²) in [7, 11) is 0. The van der Waals surface area contributed by atoms with Crippen molar-refractivity contribution < 1.29 is 14.3 Å². The summed E-state index contributed by atoms with van der Waals surface area (Å²) in [5.74, 6) is 1.59. The Morgan fingerprint density at radius 1 is 0.844 bits per heavy atom. The van der Waals surface area contributed by atoms with Crippen molar-refractivity contribution in [2.24, 2.45) is 5.41 Å². The van der Waals surface area contributed by atoms with E-state index in [0.29, 0.717) is 18.0 Å². The van der Waals surface area contributed by atoms with Crippen molar-refractivity contribution in [3.8, 4) is 22.9 Å². The highest BCUT2D eigenvalue weighted by molar-refractivity contribution is 5.73. The van der Waals surface area contributed by atoms with Crippen LogP contribution in [0.15, 0.2) is 36.7 Å². The number of aromatic nitrogens is 2. The standard InChI is InChI=1S/C27H40N2O3/c1-5-7-9-10-11-12-18-31-23-15-13-22(14-16-23)26-28-20-24(21-29-26)32-25(30)19-27(3,4)17-8-6-2/h13-16,20-21H,5-12,17-19H2,1-4H3. The van der Waals surface area contributed by atoms with Gasteiger partial charge in [-0.1, -0.05) is 72.6 Å². The molecule has 0 amide bonds. The summed E-state index contributed by atoms with van der Waals surface area (Å²) in [4.78, 5) is 21.0. The zero-order valence-electron chi connectivity index (χ0n) is 20.4. The fraction of sp³-hybridized carbons (Fsp3) is 0.593. The Bertz CT molecular complexity index is 786. The predicted molar refractivity (Wildman–Crippen MR) is 130 cm³/mol. The lowest BCUT2D eigenvalue weighted by Gasteiger charge is -2.22. The van der Waals surface area contributed by atoms with E-state index in [0.717, 1.165) is 43.6 Å². The van der Waals surface area contributed by atoms with Gasteiger partial charge in [-0.15, -0.1) is 0 Å². The minimum Gasteiger partial charge on any atom is -0.494 e. The van der Waals surface area contributed by atoms with Crippen LogP contribution in [0.2, 0.25) is 0 Å². The van der Waals surface area contributed by atoms with Crippen LogP contribution >= 0.6 is 0 Å². The first-order valence-corrected chi connectivity index (χ1v) is 12.2. The summed E-state index contributed by atoms with van der Waals surface area (Å²) in [5.41, 5.74) is 0.836. The monoisotopic (exact) mass is 440 g/mol. The third kappa shape index (κ3) is 9.80. The van der Waals surface area contributed by atoms with Crippen molar-refractivity contribution in [1.29, 1.82) is 0 Å². The van der Waals surface area contributed by atoms with Crippen LogP contribution in [-0.2, 0) is 4.79 Å². The zero-order chi connectivity index (χ0) is 23.2. The van der Waals surface area contributed by atoms with Crippen molar-refractivity contribution >= 4 is 5.97 Å². The number of esters is 1. The maximum absolute atomic E-state index is 12.3. The van der Waals surface area contributed by atoms with Crippen LogP contribution in [0.5, 0.6) is 11.5 Å². The molecule has 2 rings (SSSR count). The summed E-state index contributed by atoms with van der Waals surface area (Å²) in [6.07, 6.45) is 14.3. The van der Waals surface area contributed by atoms with Gasteiger partial charge in [0.1, 0.15) is 5.75 Å². The summed E-state index contributed by atoms with van der Waals surface area (Å²) >= 11 is 0. The molecular formula is C27H40N2O3. The van der Waals surface area contributed by atoms with E-state index in [1.165, 1.54) is 32.1 Å². The van der Waals surface area contributed by atoms with Gasteiger partial charge in [-0.05, 0) is 42.5 Å². The second-order valence-electron chi connectivity index (χ2n) is 9.30. The maximum Gasteiger partial charge on any atom is 0.311 e. The lowest BCUT2D eigenvalue weighted by molar-refractivity contribution is -0.136. The Kier molecular flexibility index (Phi) is 11.2. The fourth-order valence-corrected chi connectivity index (χ4v) is 3.59. The lowest BCUT2D eigenvalue weighted by Crippen LogP contribution is -2.20. The highest BCUT2D eigenvalue weighted by Gasteiger charge is 2.22. The first-order valence-electron chi connectivity index (χ1n) is 12.2. The number of carbonyl (C=O) groups excluding carboxylic acids is 1. The highest BCUT2D eigenvalue weighted by atomic mass is 16.5. The Balaban J connectivity index is 1.79. The quantitative estimate of drug-likeness (QED) is 0.213. The molecule has 0 bridgehead atoms. The molecule has 1 aromatic heterocycles. The lowest BCUT2D eigenvalue weighted by atomic mass is 9.84. The Morgan fingerprint density at radius 3 is 2.12 bits per heavy atom. The summed E-state index contributed by atoms with van der Waals surface area (Å²) in [5, 5.41) is 0. The second-order valence-corrected chi connectivity index (χ2v) is 9.30. The number of benzene rings is 1. The van der Waals surface area contributed by atoms with Crippen LogP contribution in [0.3, 0.4) is 0 Å². The van der Waals surface area contributed by atoms with E-state index < -0.39 is 0 Å². The van der Waals surface area contributed by atoms with Gasteiger partial charge in [-0.2, -0.15) is 0 Å². The van der Waals surface area contributed by atoms with E-state index in [4.69, 9.17) is 9.47 Å². The first kappa shape index (κ1) is 25.8. The topological polar surface area (TPSA) is 61.3 Å². The van der Waals surface area contributed by atoms with Gasteiger partial charge in [-0.3, -0.25) is 4.79 Å². The molecule has 0 spiro atoms. The van der Waals surface area contributed by atoms with E-state index in [-0.39, 0.29) is 11.4 Å². The van der Waals surface area contributed by atoms with Gasteiger partial charge in [0, 0.05) is 5.56 Å². The maximum atomic E-state index is 12.3. The third-order valence-corrected chi connectivity index (χ3v) is 5.57. The van der Waals surface area contributed by atoms with Crippen LogP contribution < -0.4 is 9.47 Å². The largest absolute Gasteiger partial charge is 0.494 e. The van der Waals surface area contributed by atoms with Crippen LogP contribution in [0, 0.1) is 5.41 Å². The molecule has 0 saturated heterocycles. The van der Waals surface area contributed by atoms with Crippen LogP contribution in [0.1, 0.15) is 91.9 Å². The number of hydrogen-bond donors (Lipinski definition) is 0. The van der Waals surface area contributed by atoms with Gasteiger partial charge in [-0.25, -0.2) is 9.97 Å². The smallest absolute Gasteiger partial charge is 0.311 e. The molecule has 0 saturated carbocycles. The Morgan fingerprint density at radius 2 is 1.47 bits per heavy atom. The summed E-state index contributed by atoms with van der Waals surface area (Å²) in [6.45, 7) is 9.34. The molecule has 0 unspecified atom stereocenters. The molecule has 0 fully saturated rings. The Hall–Kier alpha value is -2.43. The van der Waals surface area contributed by atoms with Gasteiger partial charge in [0.05, 0.1) is 25.4 Å². The number of ether oxygens (including phenoxy) is 2. The fourth-order valence-electron chi connectivity index (χ4n) is 3.59. The van der Waals surface area contributed by atoms with E-state index in [1.807, 2.05) is 24.3 Å². The molecule has 176 valence electrons. The molecule has 0 radical (unpaired) electrons. The molecule has 0 aliphatic carbocycles. The number of rotatable bonds is 15. The number of unbranched alkanes of at least 4 members (excludes halogenated alkanes) is 6. The van der Waals surface area contributed by atoms with E-state index in [2.05, 4.69) is 37.7 Å². The third-order valence-electron chi connectivity index (χ3n) is 5.57. The zero-order valence-corrected chi connectivity index (χ0v) is 20.4. The van der Waals surface area contributed by atoms with Crippen molar-refractivity contribution in [3.05, 3.63) is 36.7 Å². The molecule has 5 heteroatoms. The Labute approximate surface area is 194 Å². The molecule has 0 atom stereocenters. The number of nitrogens with zero attached hydrogens (tertiary/aromatic N) is 2. The van der Waals surface area contributed by atoms with Gasteiger partial charge in [0.25, 0.3) is 0 Å². The van der Waals surface area contributed by atoms with Gasteiger partial charge >= 0.3 is 5.97 Å². The minimum absolute atomic E-state index is 0.0627. The molecular weight excluding hydrogens is 400 g/mol. The molecule has 2 aromatic rings. The van der Waals surface area contributed by atoms with Crippen molar-refractivity contribution in [2.75, 3.05) is 6.61 Å². The molecule has 0 N–H and O–H groups in total. The molecule has 0 aliphatic heterocycles. The average Bonchev–Trinajstić information content (AvgIpc) is 2.78. The van der Waals surface area contributed by atoms with Crippen LogP contribution in [0.4, 0.5) is 0 Å². The van der Waals surface area contributed by atoms with E-state index in [1.54, 1.807) is 12.4 Å². The number of carbonyl (C=O) groups is 1. The average molecular weight is 441 g/mol. The minimum atomic E-state index is -0.241. The van der Waals surface area contributed by atoms with E-state index >= 15 is 0 Å². The molecule has 0 aliphatic rings.